The van der Waals surface area contributed by atoms with E-state index in [1.54, 1.807) is 0 Å². The van der Waals surface area contributed by atoms with E-state index in [-0.39, 0.29) is 47.9 Å². The van der Waals surface area contributed by atoms with Gasteiger partial charge in [0.05, 0.1) is 25.3 Å². The van der Waals surface area contributed by atoms with Crippen LogP contribution in [-0.4, -0.2) is 59.1 Å². The highest BCUT2D eigenvalue weighted by Gasteiger charge is 2.52. The van der Waals surface area contributed by atoms with Gasteiger partial charge >= 0.3 is 0 Å². The van der Waals surface area contributed by atoms with E-state index in [1.165, 1.54) is 12.7 Å². The number of fused-ring (bicyclic) bond motifs is 2. The molecule has 4 heterocycles. The SMILES string of the molecule is COc1cc(F)cc(F)c1CNC(=O)C1=C2CCC3C4OCCCCN4C(=C4CC4)C(=C(O)CC1=O)N23. The van der Waals surface area contributed by atoms with Crippen molar-refractivity contribution in [2.24, 2.45) is 0 Å². The van der Waals surface area contributed by atoms with E-state index in [0.29, 0.717) is 30.8 Å². The van der Waals surface area contributed by atoms with Gasteiger partial charge in [0.2, 0.25) is 0 Å². The minimum Gasteiger partial charge on any atom is -0.510 e. The van der Waals surface area contributed by atoms with Crippen LogP contribution in [0.15, 0.2) is 46.1 Å². The number of piperazine rings is 1. The predicted molar refractivity (Wildman–Crippen MR) is 128 cm³/mol. The molecule has 37 heavy (non-hydrogen) atoms. The summed E-state index contributed by atoms with van der Waals surface area (Å²) in [5.41, 5.74) is 3.29. The van der Waals surface area contributed by atoms with E-state index in [2.05, 4.69) is 10.2 Å². The lowest BCUT2D eigenvalue weighted by molar-refractivity contribution is -0.122. The first-order chi connectivity index (χ1) is 17.9. The van der Waals surface area contributed by atoms with E-state index >= 15 is 0 Å². The fourth-order valence-corrected chi connectivity index (χ4v) is 6.04. The molecule has 4 fully saturated rings. The lowest BCUT2D eigenvalue weighted by atomic mass is 10.0. The Balaban J connectivity index is 1.37. The van der Waals surface area contributed by atoms with Crippen LogP contribution in [0.2, 0.25) is 0 Å². The van der Waals surface area contributed by atoms with Crippen LogP contribution >= 0.6 is 0 Å². The van der Waals surface area contributed by atoms with Crippen molar-refractivity contribution in [3.63, 3.8) is 0 Å². The van der Waals surface area contributed by atoms with Crippen LogP contribution in [0.3, 0.4) is 0 Å². The Hall–Kier alpha value is -3.40. The van der Waals surface area contributed by atoms with Crippen molar-refractivity contribution in [1.82, 2.24) is 15.1 Å². The van der Waals surface area contributed by atoms with Crippen molar-refractivity contribution in [2.75, 3.05) is 20.3 Å². The number of ketones is 1. The van der Waals surface area contributed by atoms with Gasteiger partial charge in [-0.3, -0.25) is 9.59 Å². The Morgan fingerprint density at radius 3 is 2.78 bits per heavy atom. The summed E-state index contributed by atoms with van der Waals surface area (Å²) in [6.45, 7) is 1.16. The zero-order chi connectivity index (χ0) is 25.8. The molecule has 1 aromatic carbocycles. The van der Waals surface area contributed by atoms with Gasteiger partial charge < -0.3 is 29.7 Å². The molecule has 3 saturated heterocycles. The van der Waals surface area contributed by atoms with Crippen LogP contribution in [0.1, 0.15) is 50.5 Å². The summed E-state index contributed by atoms with van der Waals surface area (Å²) in [7, 11) is 1.29. The van der Waals surface area contributed by atoms with Crippen molar-refractivity contribution >= 4 is 11.7 Å². The fourth-order valence-electron chi connectivity index (χ4n) is 6.04. The highest BCUT2D eigenvalue weighted by Crippen LogP contribution is 2.51. The molecule has 1 saturated carbocycles. The van der Waals surface area contributed by atoms with Crippen LogP contribution in [0, 0.1) is 11.6 Å². The monoisotopic (exact) mass is 513 g/mol. The Morgan fingerprint density at radius 1 is 1.22 bits per heavy atom. The number of nitrogens with zero attached hydrogens (tertiary/aromatic N) is 2. The first kappa shape index (κ1) is 24.0. The zero-order valence-corrected chi connectivity index (χ0v) is 20.6. The smallest absolute Gasteiger partial charge is 0.256 e. The van der Waals surface area contributed by atoms with Crippen LogP contribution in [-0.2, 0) is 20.9 Å². The third-order valence-corrected chi connectivity index (χ3v) is 7.77. The van der Waals surface area contributed by atoms with Crippen LogP contribution < -0.4 is 10.1 Å². The van der Waals surface area contributed by atoms with Crippen molar-refractivity contribution in [1.29, 1.82) is 0 Å². The van der Waals surface area contributed by atoms with Gasteiger partial charge in [0.25, 0.3) is 5.91 Å². The average molecular weight is 514 g/mol. The van der Waals surface area contributed by atoms with Crippen molar-refractivity contribution in [3.05, 3.63) is 63.3 Å². The van der Waals surface area contributed by atoms with Gasteiger partial charge in [-0.05, 0) is 44.1 Å². The normalized spacial score (nSPS) is 25.1. The van der Waals surface area contributed by atoms with Crippen LogP contribution in [0.4, 0.5) is 8.78 Å². The number of ether oxygens (including phenoxy) is 2. The highest BCUT2D eigenvalue weighted by molar-refractivity contribution is 6.20. The van der Waals surface area contributed by atoms with Crippen LogP contribution in [0.25, 0.3) is 0 Å². The van der Waals surface area contributed by atoms with Crippen molar-refractivity contribution in [3.8, 4) is 5.75 Å². The second kappa shape index (κ2) is 9.16. The number of amides is 1. The van der Waals surface area contributed by atoms with Gasteiger partial charge in [0, 0.05) is 43.1 Å². The number of methoxy groups -OCH3 is 1. The molecule has 0 radical (unpaired) electrons. The number of rotatable bonds is 4. The van der Waals surface area contributed by atoms with Gasteiger partial charge in [-0.25, -0.2) is 8.78 Å². The van der Waals surface area contributed by atoms with Gasteiger partial charge in [-0.2, -0.15) is 0 Å². The molecular formula is C27H29F2N3O5. The molecule has 6 rings (SSSR count). The maximum Gasteiger partial charge on any atom is 0.256 e. The lowest BCUT2D eigenvalue weighted by Gasteiger charge is -2.48. The van der Waals surface area contributed by atoms with E-state index in [0.717, 1.165) is 50.1 Å². The zero-order valence-electron chi connectivity index (χ0n) is 20.6. The Bertz CT molecular complexity index is 1280. The summed E-state index contributed by atoms with van der Waals surface area (Å²) in [5.74, 6) is -2.87. The van der Waals surface area contributed by atoms with Crippen LogP contribution in [0.5, 0.6) is 5.75 Å². The molecule has 1 amide bonds. The van der Waals surface area contributed by atoms with Crippen molar-refractivity contribution in [2.45, 2.75) is 63.8 Å². The second-order valence-electron chi connectivity index (χ2n) is 10.1. The summed E-state index contributed by atoms with van der Waals surface area (Å²) in [4.78, 5) is 31.0. The number of aliphatic hydroxyl groups is 1. The number of hydrogen-bond acceptors (Lipinski definition) is 7. The van der Waals surface area contributed by atoms with Gasteiger partial charge in [0.15, 0.2) is 12.0 Å². The number of Topliss-reactive ketones (excluding diaryl/α,β-unsaturated/α-hetero) is 1. The summed E-state index contributed by atoms with van der Waals surface area (Å²) in [6.07, 6.45) is 4.40. The molecule has 2 atom stereocenters. The van der Waals surface area contributed by atoms with Crippen molar-refractivity contribution < 1.29 is 33.0 Å². The lowest BCUT2D eigenvalue weighted by Crippen LogP contribution is -2.55. The number of hydrogen-bond donors (Lipinski definition) is 2. The summed E-state index contributed by atoms with van der Waals surface area (Å²) in [6, 6.07) is 1.62. The maximum atomic E-state index is 14.4. The van der Waals surface area contributed by atoms with E-state index < -0.39 is 23.3 Å². The Labute approximate surface area is 213 Å². The third kappa shape index (κ3) is 3.98. The summed E-state index contributed by atoms with van der Waals surface area (Å²) >= 11 is 0. The molecule has 8 nitrogen and oxygen atoms in total. The molecule has 0 bridgehead atoms. The number of aliphatic hydroxyl groups excluding tert-OH is 1. The van der Waals surface area contributed by atoms with Gasteiger partial charge in [0.1, 0.15) is 34.4 Å². The molecule has 0 aromatic heterocycles. The van der Waals surface area contributed by atoms with Gasteiger partial charge in [-0.15, -0.1) is 0 Å². The third-order valence-electron chi connectivity index (χ3n) is 7.77. The number of carbonyl (C=O) groups excluding carboxylic acids is 2. The standard InChI is InChI=1S/C27H29F2N3O5/c1-36-22-11-15(28)10-17(29)16(22)13-30-26(35)23-18-6-7-19-27-31(8-2-3-9-37-27)24(14-4-5-14)25(32(18)19)21(34)12-20(23)33/h10-11,19,27,34H,2-9,12-13H2,1H3,(H,30,35). The molecular weight excluding hydrogens is 484 g/mol. The fraction of sp³-hybridized carbons (Fsp3) is 0.481. The van der Waals surface area contributed by atoms with Gasteiger partial charge in [-0.1, -0.05) is 0 Å². The number of allylic oxidation sites excluding steroid dienone is 3. The molecule has 10 heteroatoms. The minimum atomic E-state index is -0.855. The van der Waals surface area contributed by atoms with E-state index in [9.17, 15) is 23.5 Å². The molecule has 196 valence electrons. The second-order valence-corrected chi connectivity index (χ2v) is 10.1. The molecule has 5 aliphatic rings. The van der Waals surface area contributed by atoms with E-state index in [4.69, 9.17) is 9.47 Å². The number of benzene rings is 1. The molecule has 1 aromatic rings. The first-order valence-corrected chi connectivity index (χ1v) is 12.8. The topological polar surface area (TPSA) is 91.3 Å². The Morgan fingerprint density at radius 2 is 2.03 bits per heavy atom. The largest absolute Gasteiger partial charge is 0.510 e. The minimum absolute atomic E-state index is 0.0175. The first-order valence-electron chi connectivity index (χ1n) is 12.8. The molecule has 2 unspecified atom stereocenters. The van der Waals surface area contributed by atoms with E-state index in [1.807, 2.05) is 4.90 Å². The Kier molecular flexibility index (Phi) is 5.94. The molecule has 4 aliphatic heterocycles. The quantitative estimate of drug-likeness (QED) is 0.595. The number of nitrogens with one attached hydrogen (secondary N) is 1. The molecule has 0 spiro atoms. The molecule has 1 aliphatic carbocycles. The average Bonchev–Trinajstić information content (AvgIpc) is 3.67. The predicted octanol–water partition coefficient (Wildman–Crippen LogP) is 3.55. The summed E-state index contributed by atoms with van der Waals surface area (Å²) < 4.78 is 39.4. The summed E-state index contributed by atoms with van der Waals surface area (Å²) in [5, 5.41) is 13.8. The maximum absolute atomic E-state index is 14.4. The molecule has 2 N–H and O–H groups in total. The highest BCUT2D eigenvalue weighted by atomic mass is 19.1. The number of carbonyl (C=O) groups is 2. The number of halogens is 2.